The Hall–Kier alpha value is -2.50. The van der Waals surface area contributed by atoms with E-state index in [0.717, 1.165) is 17.9 Å². The van der Waals surface area contributed by atoms with E-state index in [9.17, 15) is 9.59 Å². The Bertz CT molecular complexity index is 911. The molecular weight excluding hydrogens is 388 g/mol. The molecule has 0 fully saturated rings. The van der Waals surface area contributed by atoms with Gasteiger partial charge in [-0.05, 0) is 36.1 Å². The second-order valence-corrected chi connectivity index (χ2v) is 7.78. The van der Waals surface area contributed by atoms with E-state index in [-0.39, 0.29) is 11.8 Å². The first kappa shape index (κ1) is 21.2. The Kier molecular flexibility index (Phi) is 7.18. The number of nitrogens with zero attached hydrogens (tertiary/aromatic N) is 2. The molecule has 1 aliphatic rings. The van der Waals surface area contributed by atoms with Gasteiger partial charge in [0.05, 0.1) is 16.6 Å². The van der Waals surface area contributed by atoms with E-state index < -0.39 is 5.92 Å². The number of ether oxygens (including phenoxy) is 1. The minimum Gasteiger partial charge on any atom is -0.381 e. The fraction of sp³-hybridized carbons (Fsp3) is 0.348. The standard InChI is InChI=1S/C23H25ClN2O3/c1-16(2)15-29-13-7-12-25-14-19-17-8-3-4-9-18(17)22(27)26(23(19)28)21-11-6-5-10-20(21)24/h3-6,8-11,14,16,19H,7,12-13,15H2,1-2H3. The summed E-state index contributed by atoms with van der Waals surface area (Å²) in [6.45, 7) is 6.14. The number of amides is 2. The first-order valence-corrected chi connectivity index (χ1v) is 10.2. The molecule has 0 saturated carbocycles. The van der Waals surface area contributed by atoms with Crippen LogP contribution < -0.4 is 4.90 Å². The number of fused-ring (bicyclic) bond motifs is 1. The van der Waals surface area contributed by atoms with Gasteiger partial charge in [-0.3, -0.25) is 14.6 Å². The molecule has 152 valence electrons. The summed E-state index contributed by atoms with van der Waals surface area (Å²) in [5.74, 6) is -0.841. The maximum Gasteiger partial charge on any atom is 0.265 e. The molecule has 5 nitrogen and oxygen atoms in total. The van der Waals surface area contributed by atoms with Gasteiger partial charge in [0.2, 0.25) is 5.91 Å². The molecule has 0 saturated heterocycles. The molecule has 1 heterocycles. The van der Waals surface area contributed by atoms with Gasteiger partial charge in [0.15, 0.2) is 0 Å². The number of hydrogen-bond acceptors (Lipinski definition) is 4. The number of hydrogen-bond donors (Lipinski definition) is 0. The van der Waals surface area contributed by atoms with Crippen molar-refractivity contribution in [2.45, 2.75) is 26.2 Å². The molecule has 0 N–H and O–H groups in total. The fourth-order valence-electron chi connectivity index (χ4n) is 3.22. The minimum atomic E-state index is -0.628. The number of halogens is 1. The lowest BCUT2D eigenvalue weighted by Crippen LogP contribution is -2.45. The lowest BCUT2D eigenvalue weighted by atomic mass is 9.89. The molecule has 2 aromatic carbocycles. The predicted molar refractivity (Wildman–Crippen MR) is 116 cm³/mol. The van der Waals surface area contributed by atoms with Crippen molar-refractivity contribution in [1.82, 2.24) is 0 Å². The van der Waals surface area contributed by atoms with Crippen LogP contribution in [0.15, 0.2) is 53.5 Å². The van der Waals surface area contributed by atoms with Crippen molar-refractivity contribution < 1.29 is 14.3 Å². The minimum absolute atomic E-state index is 0.346. The quantitative estimate of drug-likeness (QED) is 0.357. The largest absolute Gasteiger partial charge is 0.381 e. The van der Waals surface area contributed by atoms with E-state index in [4.69, 9.17) is 16.3 Å². The summed E-state index contributed by atoms with van der Waals surface area (Å²) in [6, 6.07) is 14.0. The van der Waals surface area contributed by atoms with Gasteiger partial charge in [-0.25, -0.2) is 4.90 Å². The van der Waals surface area contributed by atoms with E-state index in [1.807, 2.05) is 6.07 Å². The number of carbonyl (C=O) groups is 2. The van der Waals surface area contributed by atoms with E-state index in [1.165, 1.54) is 0 Å². The predicted octanol–water partition coefficient (Wildman–Crippen LogP) is 4.74. The summed E-state index contributed by atoms with van der Waals surface area (Å²) < 4.78 is 5.56. The molecule has 0 radical (unpaired) electrons. The first-order valence-electron chi connectivity index (χ1n) is 9.80. The van der Waals surface area contributed by atoms with E-state index in [1.54, 1.807) is 48.7 Å². The van der Waals surface area contributed by atoms with Gasteiger partial charge >= 0.3 is 0 Å². The number of carbonyl (C=O) groups excluding carboxylic acids is 2. The molecule has 0 aliphatic carbocycles. The smallest absolute Gasteiger partial charge is 0.265 e. The second-order valence-electron chi connectivity index (χ2n) is 7.37. The van der Waals surface area contributed by atoms with Crippen LogP contribution in [0.5, 0.6) is 0 Å². The van der Waals surface area contributed by atoms with Crippen molar-refractivity contribution >= 4 is 35.3 Å². The van der Waals surface area contributed by atoms with Gasteiger partial charge in [-0.1, -0.05) is 55.8 Å². The molecular formula is C23H25ClN2O3. The number of para-hydroxylation sites is 1. The third-order valence-electron chi connectivity index (χ3n) is 4.59. The van der Waals surface area contributed by atoms with Gasteiger partial charge in [0.1, 0.15) is 0 Å². The zero-order chi connectivity index (χ0) is 20.8. The first-order chi connectivity index (χ1) is 14.0. The summed E-state index contributed by atoms with van der Waals surface area (Å²) in [5.41, 5.74) is 1.55. The van der Waals surface area contributed by atoms with E-state index >= 15 is 0 Å². The summed E-state index contributed by atoms with van der Waals surface area (Å²) in [4.78, 5) is 31.8. The second kappa shape index (κ2) is 9.81. The SMILES string of the molecule is CC(C)COCCCN=CC1C(=O)N(c2ccccc2Cl)C(=O)c2ccccc21. The highest BCUT2D eigenvalue weighted by Gasteiger charge is 2.39. The summed E-state index contributed by atoms with van der Waals surface area (Å²) in [6.07, 6.45) is 2.42. The number of benzene rings is 2. The van der Waals surface area contributed by atoms with Crippen molar-refractivity contribution in [3.05, 3.63) is 64.7 Å². The number of rotatable bonds is 8. The molecule has 29 heavy (non-hydrogen) atoms. The maximum absolute atomic E-state index is 13.2. The lowest BCUT2D eigenvalue weighted by Gasteiger charge is -2.31. The highest BCUT2D eigenvalue weighted by atomic mass is 35.5. The summed E-state index contributed by atoms with van der Waals surface area (Å²) in [5, 5.41) is 0.353. The monoisotopic (exact) mass is 412 g/mol. The highest BCUT2D eigenvalue weighted by molar-refractivity contribution is 6.37. The average Bonchev–Trinajstić information content (AvgIpc) is 2.70. The Balaban J connectivity index is 1.80. The molecule has 6 heteroatoms. The van der Waals surface area contributed by atoms with Gasteiger partial charge < -0.3 is 4.74 Å². The highest BCUT2D eigenvalue weighted by Crippen LogP contribution is 2.35. The van der Waals surface area contributed by atoms with Crippen LogP contribution in [0, 0.1) is 5.92 Å². The van der Waals surface area contributed by atoms with Crippen molar-refractivity contribution in [3.8, 4) is 0 Å². The van der Waals surface area contributed by atoms with Crippen LogP contribution in [0.1, 0.15) is 42.1 Å². The average molecular weight is 413 g/mol. The van der Waals surface area contributed by atoms with Crippen molar-refractivity contribution in [3.63, 3.8) is 0 Å². The molecule has 2 amide bonds. The third-order valence-corrected chi connectivity index (χ3v) is 4.91. The van der Waals surface area contributed by atoms with Crippen molar-refractivity contribution in [1.29, 1.82) is 0 Å². The molecule has 1 unspecified atom stereocenters. The Morgan fingerprint density at radius 3 is 2.62 bits per heavy atom. The molecule has 1 aliphatic heterocycles. The normalized spacial score (nSPS) is 16.7. The van der Waals surface area contributed by atoms with E-state index in [0.29, 0.717) is 40.9 Å². The molecule has 0 bridgehead atoms. The van der Waals surface area contributed by atoms with Crippen LogP contribution in [0.3, 0.4) is 0 Å². The molecule has 3 rings (SSSR count). The zero-order valence-electron chi connectivity index (χ0n) is 16.7. The Morgan fingerprint density at radius 1 is 1.14 bits per heavy atom. The Labute approximate surface area is 176 Å². The van der Waals surface area contributed by atoms with Crippen LogP contribution in [-0.4, -0.2) is 37.8 Å². The number of imide groups is 1. The number of aliphatic imine (C=N–C) groups is 1. The molecule has 0 aromatic heterocycles. The fourth-order valence-corrected chi connectivity index (χ4v) is 3.44. The Morgan fingerprint density at radius 2 is 1.86 bits per heavy atom. The summed E-state index contributed by atoms with van der Waals surface area (Å²) in [7, 11) is 0. The van der Waals surface area contributed by atoms with Crippen LogP contribution in [0.4, 0.5) is 5.69 Å². The van der Waals surface area contributed by atoms with Gasteiger partial charge in [0, 0.05) is 31.5 Å². The molecule has 0 spiro atoms. The third kappa shape index (κ3) is 4.92. The summed E-state index contributed by atoms with van der Waals surface area (Å²) >= 11 is 6.27. The van der Waals surface area contributed by atoms with Gasteiger partial charge in [0.25, 0.3) is 5.91 Å². The number of anilines is 1. The lowest BCUT2D eigenvalue weighted by molar-refractivity contribution is -0.118. The van der Waals surface area contributed by atoms with Crippen LogP contribution >= 0.6 is 11.6 Å². The van der Waals surface area contributed by atoms with Gasteiger partial charge in [-0.15, -0.1) is 0 Å². The van der Waals surface area contributed by atoms with Crippen molar-refractivity contribution in [2.24, 2.45) is 10.9 Å². The van der Waals surface area contributed by atoms with E-state index in [2.05, 4.69) is 18.8 Å². The molecule has 1 atom stereocenters. The zero-order valence-corrected chi connectivity index (χ0v) is 17.4. The van der Waals surface area contributed by atoms with Crippen LogP contribution in [-0.2, 0) is 9.53 Å². The van der Waals surface area contributed by atoms with Gasteiger partial charge in [-0.2, -0.15) is 0 Å². The molecule has 2 aromatic rings. The topological polar surface area (TPSA) is 59.0 Å². The van der Waals surface area contributed by atoms with Crippen LogP contribution in [0.25, 0.3) is 0 Å². The maximum atomic E-state index is 13.2. The van der Waals surface area contributed by atoms with Crippen molar-refractivity contribution in [2.75, 3.05) is 24.7 Å². The van der Waals surface area contributed by atoms with Crippen LogP contribution in [0.2, 0.25) is 5.02 Å².